The van der Waals surface area contributed by atoms with Gasteiger partial charge in [0, 0.05) is 13.6 Å². The van der Waals surface area contributed by atoms with Crippen LogP contribution in [0.15, 0.2) is 0 Å². The van der Waals surface area contributed by atoms with Crippen molar-refractivity contribution in [3.63, 3.8) is 0 Å². The fourth-order valence-electron chi connectivity index (χ4n) is 2.60. The third kappa shape index (κ3) is 2.16. The first-order valence-corrected chi connectivity index (χ1v) is 6.41. The van der Waals surface area contributed by atoms with Crippen LogP contribution in [0.1, 0.15) is 19.0 Å². The van der Waals surface area contributed by atoms with Gasteiger partial charge in [0.1, 0.15) is 5.82 Å². The molecule has 0 saturated carbocycles. The van der Waals surface area contributed by atoms with Crippen molar-refractivity contribution >= 4 is 35.2 Å². The number of aromatic amines is 1. The Balaban J connectivity index is 0.00000147. The fourth-order valence-corrected chi connectivity index (χ4v) is 2.60. The van der Waals surface area contributed by atoms with Crippen LogP contribution in [0.4, 0.5) is 5.82 Å². The Bertz CT molecular complexity index is 640. The van der Waals surface area contributed by atoms with E-state index in [2.05, 4.69) is 25.9 Å². The number of carbonyl (C=O) groups is 1. The van der Waals surface area contributed by atoms with Crippen LogP contribution >= 0.6 is 12.4 Å². The van der Waals surface area contributed by atoms with E-state index in [1.54, 1.807) is 4.68 Å². The molecule has 2 aromatic rings. The van der Waals surface area contributed by atoms with Crippen LogP contribution in [0, 0.1) is 12.3 Å². The summed E-state index contributed by atoms with van der Waals surface area (Å²) < 4.78 is 1.70. The van der Waals surface area contributed by atoms with Gasteiger partial charge in [-0.3, -0.25) is 9.89 Å². The lowest BCUT2D eigenvalue weighted by atomic mass is 9.89. The van der Waals surface area contributed by atoms with E-state index in [0.29, 0.717) is 12.4 Å². The van der Waals surface area contributed by atoms with Crippen molar-refractivity contribution in [3.8, 4) is 0 Å². The Kier molecular flexibility index (Phi) is 3.75. The number of halogens is 1. The van der Waals surface area contributed by atoms with Gasteiger partial charge in [-0.25, -0.2) is 4.68 Å². The van der Waals surface area contributed by atoms with Gasteiger partial charge in [-0.05, 0) is 26.8 Å². The molecular formula is C12H19ClN6O. The SMILES string of the molecule is Cc1nn(C)c2n[nH]c(NC(=O)C3(C)CCNC3)c12.Cl. The molecule has 110 valence electrons. The van der Waals surface area contributed by atoms with Crippen molar-refractivity contribution in [3.05, 3.63) is 5.69 Å². The maximum absolute atomic E-state index is 12.4. The van der Waals surface area contributed by atoms with Gasteiger partial charge >= 0.3 is 0 Å². The van der Waals surface area contributed by atoms with Crippen LogP contribution in [-0.2, 0) is 11.8 Å². The Morgan fingerprint density at radius 1 is 1.50 bits per heavy atom. The van der Waals surface area contributed by atoms with E-state index in [9.17, 15) is 4.79 Å². The van der Waals surface area contributed by atoms with Crippen molar-refractivity contribution in [2.75, 3.05) is 18.4 Å². The van der Waals surface area contributed by atoms with Crippen molar-refractivity contribution in [2.24, 2.45) is 12.5 Å². The summed E-state index contributed by atoms with van der Waals surface area (Å²) in [5, 5.41) is 18.4. The standard InChI is InChI=1S/C12H18N6O.ClH/c1-7-8-9(15-16-10(8)18(3)17-7)14-11(19)12(2)4-5-13-6-12;/h13H,4-6H2,1-3H3,(H2,14,15,16,19);1H. The third-order valence-corrected chi connectivity index (χ3v) is 3.87. The Hall–Kier alpha value is -1.60. The minimum atomic E-state index is -0.354. The lowest BCUT2D eigenvalue weighted by Gasteiger charge is -2.20. The number of aromatic nitrogens is 4. The minimum absolute atomic E-state index is 0. The molecule has 0 aromatic carbocycles. The number of carbonyl (C=O) groups excluding carboxylic acids is 1. The highest BCUT2D eigenvalue weighted by Gasteiger charge is 2.36. The third-order valence-electron chi connectivity index (χ3n) is 3.87. The van der Waals surface area contributed by atoms with Gasteiger partial charge in [0.05, 0.1) is 16.5 Å². The van der Waals surface area contributed by atoms with E-state index in [4.69, 9.17) is 0 Å². The van der Waals surface area contributed by atoms with Gasteiger partial charge < -0.3 is 10.6 Å². The van der Waals surface area contributed by atoms with Crippen LogP contribution in [0.3, 0.4) is 0 Å². The second-order valence-electron chi connectivity index (χ2n) is 5.45. The first-order chi connectivity index (χ1) is 9.01. The summed E-state index contributed by atoms with van der Waals surface area (Å²) in [6, 6.07) is 0. The normalized spacial score (nSPS) is 21.9. The number of nitrogens with zero attached hydrogens (tertiary/aromatic N) is 3. The van der Waals surface area contributed by atoms with Crippen molar-refractivity contribution in [1.29, 1.82) is 0 Å². The Labute approximate surface area is 122 Å². The zero-order valence-corrected chi connectivity index (χ0v) is 12.6. The number of anilines is 1. The molecule has 1 atom stereocenters. The molecule has 1 saturated heterocycles. The predicted octanol–water partition coefficient (Wildman–Crippen LogP) is 0.965. The second-order valence-corrected chi connectivity index (χ2v) is 5.45. The van der Waals surface area contributed by atoms with Crippen molar-refractivity contribution in [1.82, 2.24) is 25.3 Å². The molecule has 0 bridgehead atoms. The number of aryl methyl sites for hydroxylation is 2. The topological polar surface area (TPSA) is 87.6 Å². The summed E-state index contributed by atoms with van der Waals surface area (Å²) in [4.78, 5) is 12.4. The number of hydrogen-bond donors (Lipinski definition) is 3. The van der Waals surface area contributed by atoms with Gasteiger partial charge in [0.2, 0.25) is 5.91 Å². The number of amides is 1. The molecule has 2 aromatic heterocycles. The molecule has 0 radical (unpaired) electrons. The molecule has 1 aliphatic heterocycles. The average Bonchev–Trinajstić information content (AvgIpc) is 3.01. The van der Waals surface area contributed by atoms with Crippen LogP contribution in [0.25, 0.3) is 11.0 Å². The smallest absolute Gasteiger partial charge is 0.232 e. The molecule has 1 unspecified atom stereocenters. The second kappa shape index (κ2) is 5.06. The summed E-state index contributed by atoms with van der Waals surface area (Å²) in [6.07, 6.45) is 0.849. The summed E-state index contributed by atoms with van der Waals surface area (Å²) in [7, 11) is 1.84. The van der Waals surface area contributed by atoms with E-state index < -0.39 is 0 Å². The van der Waals surface area contributed by atoms with E-state index >= 15 is 0 Å². The summed E-state index contributed by atoms with van der Waals surface area (Å²) >= 11 is 0. The monoisotopic (exact) mass is 298 g/mol. The summed E-state index contributed by atoms with van der Waals surface area (Å²) in [6.45, 7) is 5.48. The molecule has 3 heterocycles. The molecule has 7 nitrogen and oxygen atoms in total. The molecule has 3 N–H and O–H groups in total. The Morgan fingerprint density at radius 3 is 2.90 bits per heavy atom. The largest absolute Gasteiger partial charge is 0.316 e. The molecule has 0 spiro atoms. The Morgan fingerprint density at radius 2 is 2.25 bits per heavy atom. The molecule has 20 heavy (non-hydrogen) atoms. The molecule has 1 aliphatic rings. The van der Waals surface area contributed by atoms with E-state index in [1.165, 1.54) is 0 Å². The van der Waals surface area contributed by atoms with Crippen LogP contribution in [0.5, 0.6) is 0 Å². The lowest BCUT2D eigenvalue weighted by molar-refractivity contribution is -0.123. The van der Waals surface area contributed by atoms with E-state index in [-0.39, 0.29) is 23.7 Å². The first kappa shape index (κ1) is 14.8. The van der Waals surface area contributed by atoms with Gasteiger partial charge in [0.15, 0.2) is 5.65 Å². The zero-order chi connectivity index (χ0) is 13.6. The average molecular weight is 299 g/mol. The van der Waals surface area contributed by atoms with Crippen molar-refractivity contribution < 1.29 is 4.79 Å². The zero-order valence-electron chi connectivity index (χ0n) is 11.8. The lowest BCUT2D eigenvalue weighted by Crippen LogP contribution is -2.35. The molecule has 8 heteroatoms. The maximum atomic E-state index is 12.4. The summed E-state index contributed by atoms with van der Waals surface area (Å²) in [5.41, 5.74) is 1.26. The van der Waals surface area contributed by atoms with Gasteiger partial charge in [-0.2, -0.15) is 10.2 Å². The maximum Gasteiger partial charge on any atom is 0.232 e. The van der Waals surface area contributed by atoms with Crippen LogP contribution < -0.4 is 10.6 Å². The number of H-pyrrole nitrogens is 1. The number of fused-ring (bicyclic) bond motifs is 1. The van der Waals surface area contributed by atoms with Crippen molar-refractivity contribution in [2.45, 2.75) is 20.3 Å². The molecule has 1 amide bonds. The number of rotatable bonds is 2. The number of nitrogens with one attached hydrogen (secondary N) is 3. The minimum Gasteiger partial charge on any atom is -0.316 e. The molecular weight excluding hydrogens is 280 g/mol. The number of hydrogen-bond acceptors (Lipinski definition) is 4. The predicted molar refractivity (Wildman–Crippen MR) is 79.1 cm³/mol. The van der Waals surface area contributed by atoms with Crippen LogP contribution in [0.2, 0.25) is 0 Å². The van der Waals surface area contributed by atoms with E-state index in [0.717, 1.165) is 29.7 Å². The molecule has 3 rings (SSSR count). The quantitative estimate of drug-likeness (QED) is 0.771. The van der Waals surface area contributed by atoms with Gasteiger partial charge in [-0.1, -0.05) is 0 Å². The molecule has 0 aliphatic carbocycles. The van der Waals surface area contributed by atoms with Gasteiger partial charge in [0.25, 0.3) is 0 Å². The highest BCUT2D eigenvalue weighted by atomic mass is 35.5. The van der Waals surface area contributed by atoms with Crippen LogP contribution in [-0.4, -0.2) is 39.0 Å². The fraction of sp³-hybridized carbons (Fsp3) is 0.583. The highest BCUT2D eigenvalue weighted by molar-refractivity contribution is 6.02. The van der Waals surface area contributed by atoms with Gasteiger partial charge in [-0.15, -0.1) is 12.4 Å². The highest BCUT2D eigenvalue weighted by Crippen LogP contribution is 2.29. The molecule has 1 fully saturated rings. The summed E-state index contributed by atoms with van der Waals surface area (Å²) in [5.74, 6) is 0.657. The first-order valence-electron chi connectivity index (χ1n) is 6.41. The van der Waals surface area contributed by atoms with E-state index in [1.807, 2.05) is 20.9 Å².